The fourth-order valence-electron chi connectivity index (χ4n) is 3.24. The quantitative estimate of drug-likeness (QED) is 0.795. The molecule has 24 heavy (non-hydrogen) atoms. The van der Waals surface area contributed by atoms with Crippen LogP contribution in [0.2, 0.25) is 0 Å². The van der Waals surface area contributed by atoms with Gasteiger partial charge in [0.05, 0.1) is 0 Å². The Morgan fingerprint density at radius 2 is 2.04 bits per heavy atom. The Labute approximate surface area is 141 Å². The third-order valence-corrected chi connectivity index (χ3v) is 4.82. The molecule has 2 aromatic heterocycles. The summed E-state index contributed by atoms with van der Waals surface area (Å²) in [4.78, 5) is 22.2. The number of hydrogen-bond acceptors (Lipinski definition) is 2. The van der Waals surface area contributed by atoms with E-state index in [1.165, 1.54) is 5.56 Å². The number of rotatable bonds is 3. The van der Waals surface area contributed by atoms with Crippen LogP contribution >= 0.6 is 0 Å². The van der Waals surface area contributed by atoms with Gasteiger partial charge < -0.3 is 9.88 Å². The van der Waals surface area contributed by atoms with Gasteiger partial charge in [-0.15, -0.1) is 0 Å². The van der Waals surface area contributed by atoms with Crippen LogP contribution in [-0.4, -0.2) is 33.9 Å². The van der Waals surface area contributed by atoms with E-state index in [4.69, 9.17) is 0 Å². The van der Waals surface area contributed by atoms with Crippen molar-refractivity contribution in [2.45, 2.75) is 25.7 Å². The summed E-state index contributed by atoms with van der Waals surface area (Å²) in [5, 5.41) is 1.09. The molecule has 3 heterocycles. The summed E-state index contributed by atoms with van der Waals surface area (Å²) in [5.74, 6) is 0.905. The minimum absolute atomic E-state index is 0.0736. The van der Waals surface area contributed by atoms with Crippen LogP contribution in [0.25, 0.3) is 10.9 Å². The summed E-state index contributed by atoms with van der Waals surface area (Å²) in [6.45, 7) is 5.83. The maximum absolute atomic E-state index is 12.7. The summed E-state index contributed by atoms with van der Waals surface area (Å²) in [6, 6.07) is 14.3. The lowest BCUT2D eigenvalue weighted by Crippen LogP contribution is -2.48. The second-order valence-electron chi connectivity index (χ2n) is 6.85. The minimum atomic E-state index is 0.0736. The van der Waals surface area contributed by atoms with E-state index >= 15 is 0 Å². The highest BCUT2D eigenvalue weighted by Crippen LogP contribution is 2.28. The van der Waals surface area contributed by atoms with Gasteiger partial charge in [-0.1, -0.05) is 32.0 Å². The Hall–Kier alpha value is -2.62. The van der Waals surface area contributed by atoms with Crippen molar-refractivity contribution in [3.63, 3.8) is 0 Å². The topological polar surface area (TPSA) is 49.0 Å². The van der Waals surface area contributed by atoms with E-state index in [1.807, 2.05) is 35.4 Å². The molecule has 1 fully saturated rings. The molecule has 0 radical (unpaired) electrons. The Balaban J connectivity index is 1.50. The third-order valence-electron chi connectivity index (χ3n) is 4.82. The Morgan fingerprint density at radius 3 is 2.75 bits per heavy atom. The highest BCUT2D eigenvalue weighted by atomic mass is 16.2. The molecule has 0 spiro atoms. The highest BCUT2D eigenvalue weighted by Gasteiger charge is 2.33. The molecule has 4 nitrogen and oxygen atoms in total. The maximum atomic E-state index is 12.7. The lowest BCUT2D eigenvalue weighted by Gasteiger charge is -2.38. The van der Waals surface area contributed by atoms with Crippen LogP contribution in [0.15, 0.2) is 48.7 Å². The second kappa shape index (κ2) is 5.78. The molecule has 0 saturated carbocycles. The van der Waals surface area contributed by atoms with Crippen molar-refractivity contribution < 1.29 is 4.79 Å². The molecule has 1 aliphatic heterocycles. The van der Waals surface area contributed by atoms with Gasteiger partial charge in [0.1, 0.15) is 5.69 Å². The zero-order valence-corrected chi connectivity index (χ0v) is 14.0. The van der Waals surface area contributed by atoms with Crippen molar-refractivity contribution in [1.82, 2.24) is 14.9 Å². The summed E-state index contributed by atoms with van der Waals surface area (Å²) in [5.41, 5.74) is 4.05. The first-order valence-corrected chi connectivity index (χ1v) is 8.44. The van der Waals surface area contributed by atoms with Gasteiger partial charge in [0.15, 0.2) is 0 Å². The van der Waals surface area contributed by atoms with Gasteiger partial charge in [-0.05, 0) is 35.7 Å². The van der Waals surface area contributed by atoms with Gasteiger partial charge in [0.2, 0.25) is 0 Å². The van der Waals surface area contributed by atoms with Crippen LogP contribution in [-0.2, 0) is 0 Å². The molecule has 1 saturated heterocycles. The molecule has 1 amide bonds. The predicted molar refractivity (Wildman–Crippen MR) is 95.3 cm³/mol. The number of benzene rings is 1. The van der Waals surface area contributed by atoms with Crippen molar-refractivity contribution in [1.29, 1.82) is 0 Å². The zero-order valence-electron chi connectivity index (χ0n) is 14.0. The molecule has 0 aliphatic carbocycles. The van der Waals surface area contributed by atoms with E-state index in [0.717, 1.165) is 29.7 Å². The van der Waals surface area contributed by atoms with E-state index in [1.54, 1.807) is 0 Å². The molecule has 1 aliphatic rings. The van der Waals surface area contributed by atoms with E-state index in [0.29, 0.717) is 17.5 Å². The minimum Gasteiger partial charge on any atom is -0.351 e. The van der Waals surface area contributed by atoms with Crippen LogP contribution in [0.1, 0.15) is 47.4 Å². The summed E-state index contributed by atoms with van der Waals surface area (Å²) in [6.07, 6.45) is 1.81. The smallest absolute Gasteiger partial charge is 0.270 e. The summed E-state index contributed by atoms with van der Waals surface area (Å²) < 4.78 is 0. The first-order valence-electron chi connectivity index (χ1n) is 8.44. The molecule has 4 heteroatoms. The zero-order chi connectivity index (χ0) is 16.7. The number of carbonyl (C=O) groups excluding carboxylic acids is 1. The van der Waals surface area contributed by atoms with E-state index in [-0.39, 0.29) is 5.91 Å². The molecule has 0 unspecified atom stereocenters. The molecular formula is C20H21N3O. The van der Waals surface area contributed by atoms with Crippen LogP contribution in [0.3, 0.4) is 0 Å². The van der Waals surface area contributed by atoms with Crippen molar-refractivity contribution in [2.75, 3.05) is 13.1 Å². The van der Waals surface area contributed by atoms with E-state index in [2.05, 4.69) is 42.0 Å². The third kappa shape index (κ3) is 2.58. The largest absolute Gasteiger partial charge is 0.351 e. The van der Waals surface area contributed by atoms with E-state index in [9.17, 15) is 4.79 Å². The molecular weight excluding hydrogens is 298 g/mol. The first-order chi connectivity index (χ1) is 11.6. The monoisotopic (exact) mass is 319 g/mol. The van der Waals surface area contributed by atoms with Gasteiger partial charge in [-0.25, -0.2) is 0 Å². The van der Waals surface area contributed by atoms with Crippen LogP contribution in [0, 0.1) is 0 Å². The van der Waals surface area contributed by atoms with Crippen LogP contribution in [0.4, 0.5) is 0 Å². The van der Waals surface area contributed by atoms with Crippen LogP contribution < -0.4 is 0 Å². The number of pyridine rings is 1. The average Bonchev–Trinajstić information content (AvgIpc) is 2.97. The number of amides is 1. The number of nitrogens with one attached hydrogen (secondary N) is 1. The van der Waals surface area contributed by atoms with Crippen molar-refractivity contribution in [2.24, 2.45) is 0 Å². The number of hydrogen-bond donors (Lipinski definition) is 1. The lowest BCUT2D eigenvalue weighted by molar-refractivity contribution is 0.0593. The van der Waals surface area contributed by atoms with Crippen molar-refractivity contribution in [3.05, 3.63) is 65.6 Å². The molecule has 122 valence electrons. The standard InChI is InChI=1S/C20H21N3O/c1-13(2)14-6-7-15-10-19(22-18(15)9-14)20(24)23-11-16(12-23)17-5-3-4-8-21-17/h3-10,13,16,22H,11-12H2,1-2H3. The Morgan fingerprint density at radius 1 is 1.21 bits per heavy atom. The number of likely N-dealkylation sites (tertiary alicyclic amines) is 1. The Kier molecular flexibility index (Phi) is 3.60. The van der Waals surface area contributed by atoms with Gasteiger partial charge in [-0.3, -0.25) is 9.78 Å². The SMILES string of the molecule is CC(C)c1ccc2cc(C(=O)N3CC(c4ccccn4)C3)[nH]c2c1. The lowest BCUT2D eigenvalue weighted by atomic mass is 9.95. The van der Waals surface area contributed by atoms with Crippen LogP contribution in [0.5, 0.6) is 0 Å². The molecule has 3 aromatic rings. The highest BCUT2D eigenvalue weighted by molar-refractivity contribution is 5.98. The number of aromatic nitrogens is 2. The van der Waals surface area contributed by atoms with Crippen molar-refractivity contribution in [3.8, 4) is 0 Å². The Bertz CT molecular complexity index is 876. The van der Waals surface area contributed by atoms with Gasteiger partial charge in [0, 0.05) is 41.8 Å². The average molecular weight is 319 g/mol. The normalized spacial score (nSPS) is 15.0. The molecule has 4 rings (SSSR count). The van der Waals surface area contributed by atoms with Gasteiger partial charge in [-0.2, -0.15) is 0 Å². The maximum Gasteiger partial charge on any atom is 0.270 e. The predicted octanol–water partition coefficient (Wildman–Crippen LogP) is 3.93. The fraction of sp³-hybridized carbons (Fsp3) is 0.300. The second-order valence-corrected chi connectivity index (χ2v) is 6.85. The number of fused-ring (bicyclic) bond motifs is 1. The number of H-pyrrole nitrogens is 1. The van der Waals surface area contributed by atoms with E-state index < -0.39 is 0 Å². The number of carbonyl (C=O) groups is 1. The summed E-state index contributed by atoms with van der Waals surface area (Å²) >= 11 is 0. The van der Waals surface area contributed by atoms with Gasteiger partial charge >= 0.3 is 0 Å². The fourth-order valence-corrected chi connectivity index (χ4v) is 3.24. The molecule has 0 bridgehead atoms. The summed E-state index contributed by atoms with van der Waals surface area (Å²) in [7, 11) is 0. The number of nitrogens with zero attached hydrogens (tertiary/aromatic N) is 2. The molecule has 1 aromatic carbocycles. The molecule has 1 N–H and O–H groups in total. The van der Waals surface area contributed by atoms with Crippen molar-refractivity contribution >= 4 is 16.8 Å². The van der Waals surface area contributed by atoms with Gasteiger partial charge in [0.25, 0.3) is 5.91 Å². The first kappa shape index (κ1) is 14.9. The number of aromatic amines is 1. The molecule has 0 atom stereocenters.